The van der Waals surface area contributed by atoms with Crippen LogP contribution in [-0.2, 0) is 12.6 Å². The molecule has 0 fully saturated rings. The molecule has 0 unspecified atom stereocenters. The van der Waals surface area contributed by atoms with Crippen molar-refractivity contribution in [2.24, 2.45) is 0 Å². The van der Waals surface area contributed by atoms with E-state index in [1.165, 1.54) is 4.90 Å². The van der Waals surface area contributed by atoms with Crippen LogP contribution in [0.25, 0.3) is 0 Å². The van der Waals surface area contributed by atoms with E-state index >= 15 is 35.1 Å². The van der Waals surface area contributed by atoms with Gasteiger partial charge in [-0.25, -0.2) is 87.8 Å². The van der Waals surface area contributed by atoms with Crippen molar-refractivity contribution < 1.29 is 92.6 Å². The molecule has 0 radical (unpaired) electrons. The third-order valence-corrected chi connectivity index (χ3v) is 10.4. The second-order valence-corrected chi connectivity index (χ2v) is 14.2. The van der Waals surface area contributed by atoms with Gasteiger partial charge in [0.1, 0.15) is 57.6 Å². The third kappa shape index (κ3) is 7.64. The lowest BCUT2D eigenvalue weighted by molar-refractivity contribution is 0.101. The van der Waals surface area contributed by atoms with Gasteiger partial charge in [-0.3, -0.25) is 4.79 Å². The van der Waals surface area contributed by atoms with Gasteiger partial charge in [0.15, 0.2) is 75.6 Å². The summed E-state index contributed by atoms with van der Waals surface area (Å²) in [6.45, 7) is 1.58. The Bertz CT molecular complexity index is 2420. The zero-order valence-electron chi connectivity index (χ0n) is 29.6. The van der Waals surface area contributed by atoms with Crippen LogP contribution in [0.5, 0.6) is 0 Å². The maximum atomic E-state index is 15.4. The summed E-state index contributed by atoms with van der Waals surface area (Å²) < 4.78 is 294. The Morgan fingerprint density at radius 2 is 0.548 bits per heavy atom. The van der Waals surface area contributed by atoms with E-state index in [4.69, 9.17) is 0 Å². The predicted molar refractivity (Wildman–Crippen MR) is 185 cm³/mol. The van der Waals surface area contributed by atoms with Gasteiger partial charge in [0.05, 0.1) is 0 Å². The van der Waals surface area contributed by atoms with Crippen LogP contribution in [0.15, 0.2) is 63.2 Å². The molecule has 326 valence electrons. The quantitative estimate of drug-likeness (QED) is 0.0397. The fourth-order valence-electron chi connectivity index (χ4n) is 6.29. The van der Waals surface area contributed by atoms with E-state index < -0.39 is 144 Å². The van der Waals surface area contributed by atoms with Gasteiger partial charge in [-0.15, -0.1) is 21.9 Å². The Labute approximate surface area is 342 Å². The Balaban J connectivity index is 0.000000355. The maximum Gasteiger partial charge on any atom is 0.200 e. The first-order valence-corrected chi connectivity index (χ1v) is 17.5. The molecule has 0 bridgehead atoms. The molecule has 62 heavy (non-hydrogen) atoms. The molecule has 6 aromatic carbocycles. The van der Waals surface area contributed by atoms with Crippen molar-refractivity contribution in [3.8, 4) is 0 Å². The van der Waals surface area contributed by atoms with E-state index in [2.05, 4.69) is 24.8 Å². The van der Waals surface area contributed by atoms with E-state index in [0.717, 1.165) is 15.4 Å². The number of hydrogen-bond acceptors (Lipinski definition) is 2. The minimum atomic E-state index is -7.22. The Hall–Kier alpha value is -5.65. The molecule has 0 aliphatic heterocycles. The molecule has 0 aromatic heterocycles. The van der Waals surface area contributed by atoms with Gasteiger partial charge in [0.2, 0.25) is 0 Å². The molecule has 0 aliphatic carbocycles. The van der Waals surface area contributed by atoms with Crippen molar-refractivity contribution in [2.75, 3.05) is 0 Å². The second kappa shape index (κ2) is 17.6. The first-order valence-electron chi connectivity index (χ1n) is 16.2. The van der Waals surface area contributed by atoms with Gasteiger partial charge >= 0.3 is 0 Å². The molecule has 24 heteroatoms. The normalized spacial score (nSPS) is 11.5. The lowest BCUT2D eigenvalue weighted by atomic mass is 9.12. The predicted octanol–water partition coefficient (Wildman–Crippen LogP) is 9.26. The van der Waals surface area contributed by atoms with E-state index in [1.54, 1.807) is 18.7 Å². The fourth-order valence-corrected chi connectivity index (χ4v) is 7.27. The average Bonchev–Trinajstić information content (AvgIpc) is 3.24. The van der Waals surface area contributed by atoms with Crippen molar-refractivity contribution in [2.45, 2.75) is 21.6 Å². The van der Waals surface area contributed by atoms with Gasteiger partial charge in [0, 0.05) is 15.4 Å². The molecular weight excluding hydrogens is 927 g/mol. The summed E-state index contributed by atoms with van der Waals surface area (Å²) in [5.41, 5.74) is -13.6. The highest BCUT2D eigenvalue weighted by Gasteiger charge is 2.52. The minimum absolute atomic E-state index is 0.102. The van der Waals surface area contributed by atoms with Gasteiger partial charge < -0.3 is 0 Å². The highest BCUT2D eigenvalue weighted by atomic mass is 32.2. The van der Waals surface area contributed by atoms with E-state index in [1.807, 2.05) is 36.4 Å². The highest BCUT2D eigenvalue weighted by Crippen LogP contribution is 2.31. The number of ketones is 1. The van der Waals surface area contributed by atoms with E-state index in [-0.39, 0.29) is 5.78 Å². The zero-order valence-corrected chi connectivity index (χ0v) is 31.4. The molecule has 0 heterocycles. The standard InChI is InChI=1S/C24BF20.C14H12OS2/c26-5-1(6(27)14(35)21(42)13(5)34)25(2-7(28)15(36)22(43)16(37)8(2)29,3-9(30)17(38)23(44)18(39)10(3)31)4-11(32)19(40)24(45)20(41)12(4)33;1-10(15)11-2-6-13(7-3-11)17-14-8-4-12(16)5-9-14/h;2-9,16H,1H3/q-1;/p+1. The summed E-state index contributed by atoms with van der Waals surface area (Å²) in [7, 11) is 0. The summed E-state index contributed by atoms with van der Waals surface area (Å²) in [4.78, 5) is 14.5. The summed E-state index contributed by atoms with van der Waals surface area (Å²) >= 11 is 5.14. The van der Waals surface area contributed by atoms with Crippen LogP contribution < -0.4 is 21.9 Å². The van der Waals surface area contributed by atoms with Crippen LogP contribution in [0.4, 0.5) is 87.8 Å². The largest absolute Gasteiger partial charge is 0.295 e. The molecular formula is C38H13BF20OS2. The summed E-state index contributed by atoms with van der Waals surface area (Å²) in [6, 6.07) is 15.8. The lowest BCUT2D eigenvalue weighted by Gasteiger charge is -2.44. The van der Waals surface area contributed by atoms with Gasteiger partial charge in [-0.2, -0.15) is 0 Å². The van der Waals surface area contributed by atoms with Crippen LogP contribution >= 0.6 is 11.8 Å². The van der Waals surface area contributed by atoms with Gasteiger partial charge in [-0.1, -0.05) is 23.9 Å². The van der Waals surface area contributed by atoms with Gasteiger partial charge in [-0.05, 0) is 56.0 Å². The molecule has 0 aliphatic rings. The molecule has 0 spiro atoms. The first kappa shape index (κ1) is 47.4. The highest BCUT2D eigenvalue weighted by molar-refractivity contribution is 7.99. The van der Waals surface area contributed by atoms with Crippen molar-refractivity contribution in [3.63, 3.8) is 0 Å². The number of carbonyl (C=O) groups is 1. The maximum absolute atomic E-state index is 15.4. The van der Waals surface area contributed by atoms with Crippen LogP contribution in [0, 0.1) is 116 Å². The fraction of sp³-hybridized carbons (Fsp3) is 0.0263. The molecule has 0 N–H and O–H groups in total. The monoisotopic (exact) mass is 940 g/mol. The van der Waals surface area contributed by atoms with Crippen LogP contribution in [-0.4, -0.2) is 11.9 Å². The number of hydrogen-bond donors (Lipinski definition) is 0. The molecule has 0 saturated carbocycles. The zero-order chi connectivity index (χ0) is 46.6. The molecule has 6 aromatic rings. The number of benzene rings is 6. The van der Waals surface area contributed by atoms with E-state index in [9.17, 15) is 57.5 Å². The first-order chi connectivity index (χ1) is 28.8. The van der Waals surface area contributed by atoms with Crippen LogP contribution in [0.2, 0.25) is 0 Å². The van der Waals surface area contributed by atoms with Crippen molar-refractivity contribution >= 4 is 58.2 Å². The molecule has 0 amide bonds. The van der Waals surface area contributed by atoms with Crippen LogP contribution in [0.3, 0.4) is 0 Å². The Morgan fingerprint density at radius 1 is 0.355 bits per heavy atom. The molecule has 6 rings (SSSR count). The van der Waals surface area contributed by atoms with Gasteiger partial charge in [0.25, 0.3) is 0 Å². The molecule has 0 saturated heterocycles. The lowest BCUT2D eigenvalue weighted by Crippen LogP contribution is -2.81. The summed E-state index contributed by atoms with van der Waals surface area (Å²) in [6.07, 6.45) is -7.22. The van der Waals surface area contributed by atoms with Crippen molar-refractivity contribution in [1.29, 1.82) is 0 Å². The Morgan fingerprint density at radius 3 is 0.758 bits per heavy atom. The van der Waals surface area contributed by atoms with Crippen LogP contribution in [0.1, 0.15) is 17.3 Å². The smallest absolute Gasteiger partial charge is 0.200 e. The third-order valence-electron chi connectivity index (χ3n) is 9.06. The number of carbonyl (C=O) groups excluding carboxylic acids is 1. The summed E-state index contributed by atoms with van der Waals surface area (Å²) in [5, 5.41) is 0. The van der Waals surface area contributed by atoms with Crippen molar-refractivity contribution in [1.82, 2.24) is 0 Å². The SMILES string of the molecule is CC(=O)c1ccc(Sc2ccc([SH2+])cc2)cc1.Fc1c(F)c(F)c([B-](c2c(F)c(F)c(F)c(F)c2F)(c2c(F)c(F)c(F)c(F)c2F)c2c(F)c(F)c(F)c(F)c2F)c(F)c1F. The number of halogens is 20. The topological polar surface area (TPSA) is 17.1 Å². The minimum Gasteiger partial charge on any atom is -0.295 e. The molecule has 0 atom stereocenters. The second-order valence-electron chi connectivity index (χ2n) is 12.5. The number of Topliss-reactive ketones (excluding diaryl/α,β-unsaturated/α-hetero) is 1. The summed E-state index contributed by atoms with van der Waals surface area (Å²) in [5.74, 6) is -71.3. The van der Waals surface area contributed by atoms with Crippen molar-refractivity contribution in [3.05, 3.63) is 170 Å². The number of rotatable bonds is 7. The average molecular weight is 940 g/mol. The Kier molecular flexibility index (Phi) is 13.5. The van der Waals surface area contributed by atoms with E-state index in [0.29, 0.717) is 0 Å². The molecule has 1 nitrogen and oxygen atoms in total.